The molecular weight excluding hydrogens is 226 g/mol. The van der Waals surface area contributed by atoms with E-state index in [4.69, 9.17) is 0 Å². The lowest BCUT2D eigenvalue weighted by molar-refractivity contribution is 0.508. The van der Waals surface area contributed by atoms with Gasteiger partial charge in [0.25, 0.3) is 0 Å². The molecule has 1 aromatic carbocycles. The SMILES string of the molecule is CC1NNCC1CNc1cnc2ccccc2n1. The van der Waals surface area contributed by atoms with Gasteiger partial charge in [0, 0.05) is 25.0 Å². The molecule has 1 fully saturated rings. The smallest absolute Gasteiger partial charge is 0.145 e. The van der Waals surface area contributed by atoms with Crippen LogP contribution in [0.15, 0.2) is 30.5 Å². The first-order chi connectivity index (χ1) is 8.83. The van der Waals surface area contributed by atoms with Gasteiger partial charge in [-0.1, -0.05) is 12.1 Å². The molecular formula is C13H17N5. The minimum absolute atomic E-state index is 0.478. The number of rotatable bonds is 3. The molecule has 0 saturated carbocycles. The number of hydrazine groups is 1. The fourth-order valence-corrected chi connectivity index (χ4v) is 2.17. The van der Waals surface area contributed by atoms with Crippen LogP contribution in [0.1, 0.15) is 6.92 Å². The fourth-order valence-electron chi connectivity index (χ4n) is 2.17. The third kappa shape index (κ3) is 2.27. The highest BCUT2D eigenvalue weighted by atomic mass is 15.4. The van der Waals surface area contributed by atoms with E-state index in [0.717, 1.165) is 29.9 Å². The summed E-state index contributed by atoms with van der Waals surface area (Å²) >= 11 is 0. The Morgan fingerprint density at radius 1 is 1.33 bits per heavy atom. The van der Waals surface area contributed by atoms with Gasteiger partial charge in [-0.2, -0.15) is 0 Å². The van der Waals surface area contributed by atoms with Crippen LogP contribution in [0.4, 0.5) is 5.82 Å². The summed E-state index contributed by atoms with van der Waals surface area (Å²) in [4.78, 5) is 8.94. The molecule has 18 heavy (non-hydrogen) atoms. The predicted molar refractivity (Wildman–Crippen MR) is 72.1 cm³/mol. The third-order valence-corrected chi connectivity index (χ3v) is 3.40. The van der Waals surface area contributed by atoms with Crippen LogP contribution in [0.5, 0.6) is 0 Å². The number of nitrogens with zero attached hydrogens (tertiary/aromatic N) is 2. The molecule has 0 aliphatic carbocycles. The summed E-state index contributed by atoms with van der Waals surface area (Å²) in [6, 6.07) is 8.38. The first-order valence-electron chi connectivity index (χ1n) is 6.27. The highest BCUT2D eigenvalue weighted by Crippen LogP contribution is 2.13. The van der Waals surface area contributed by atoms with Gasteiger partial charge in [0.05, 0.1) is 17.2 Å². The Labute approximate surface area is 106 Å². The van der Waals surface area contributed by atoms with Gasteiger partial charge in [-0.05, 0) is 19.1 Å². The first-order valence-corrected chi connectivity index (χ1v) is 6.27. The topological polar surface area (TPSA) is 61.9 Å². The highest BCUT2D eigenvalue weighted by Gasteiger charge is 2.22. The van der Waals surface area contributed by atoms with E-state index in [-0.39, 0.29) is 0 Å². The van der Waals surface area contributed by atoms with Crippen molar-refractivity contribution in [1.82, 2.24) is 20.8 Å². The number of anilines is 1. The van der Waals surface area contributed by atoms with Crippen molar-refractivity contribution in [3.63, 3.8) is 0 Å². The lowest BCUT2D eigenvalue weighted by Crippen LogP contribution is -2.30. The minimum Gasteiger partial charge on any atom is -0.368 e. The van der Waals surface area contributed by atoms with Crippen LogP contribution in [0.2, 0.25) is 0 Å². The van der Waals surface area contributed by atoms with Gasteiger partial charge >= 0.3 is 0 Å². The molecule has 3 rings (SSSR count). The van der Waals surface area contributed by atoms with E-state index < -0.39 is 0 Å². The van der Waals surface area contributed by atoms with Gasteiger partial charge in [0.2, 0.25) is 0 Å². The molecule has 1 aliphatic rings. The first kappa shape index (κ1) is 11.4. The Kier molecular flexibility index (Phi) is 3.08. The fraction of sp³-hybridized carbons (Fsp3) is 0.385. The summed E-state index contributed by atoms with van der Waals surface area (Å²) in [6.07, 6.45) is 1.79. The molecule has 2 heterocycles. The number of para-hydroxylation sites is 2. The van der Waals surface area contributed by atoms with E-state index in [1.54, 1.807) is 6.20 Å². The molecule has 2 aromatic rings. The molecule has 94 valence electrons. The molecule has 2 atom stereocenters. The molecule has 0 bridgehead atoms. The maximum Gasteiger partial charge on any atom is 0.145 e. The molecule has 1 aromatic heterocycles. The van der Waals surface area contributed by atoms with E-state index in [2.05, 4.69) is 33.1 Å². The van der Waals surface area contributed by atoms with Crippen LogP contribution in [0.3, 0.4) is 0 Å². The van der Waals surface area contributed by atoms with E-state index in [0.29, 0.717) is 12.0 Å². The van der Waals surface area contributed by atoms with Crippen LogP contribution in [-0.4, -0.2) is 29.1 Å². The summed E-state index contributed by atoms with van der Waals surface area (Å²) in [6.45, 7) is 4.06. The molecule has 0 spiro atoms. The average Bonchev–Trinajstić information content (AvgIpc) is 2.82. The second-order valence-corrected chi connectivity index (χ2v) is 4.70. The van der Waals surface area contributed by atoms with Crippen molar-refractivity contribution in [2.24, 2.45) is 5.92 Å². The molecule has 1 aliphatic heterocycles. The molecule has 2 unspecified atom stereocenters. The molecule has 5 nitrogen and oxygen atoms in total. The van der Waals surface area contributed by atoms with Gasteiger partial charge < -0.3 is 5.32 Å². The van der Waals surface area contributed by atoms with E-state index >= 15 is 0 Å². The van der Waals surface area contributed by atoms with Gasteiger partial charge in [-0.25, -0.2) is 4.98 Å². The Balaban J connectivity index is 1.71. The van der Waals surface area contributed by atoms with Gasteiger partial charge in [-0.3, -0.25) is 15.8 Å². The second-order valence-electron chi connectivity index (χ2n) is 4.70. The van der Waals surface area contributed by atoms with Crippen molar-refractivity contribution >= 4 is 16.9 Å². The number of benzene rings is 1. The number of fused-ring (bicyclic) bond motifs is 1. The van der Waals surface area contributed by atoms with Crippen LogP contribution in [-0.2, 0) is 0 Å². The maximum atomic E-state index is 4.55. The molecule has 3 N–H and O–H groups in total. The second kappa shape index (κ2) is 4.88. The van der Waals surface area contributed by atoms with E-state index in [1.165, 1.54) is 0 Å². The zero-order valence-corrected chi connectivity index (χ0v) is 10.4. The maximum absolute atomic E-state index is 4.55. The quantitative estimate of drug-likeness (QED) is 0.755. The van der Waals surface area contributed by atoms with Crippen molar-refractivity contribution in [3.8, 4) is 0 Å². The molecule has 5 heteroatoms. The van der Waals surface area contributed by atoms with Crippen molar-refractivity contribution in [3.05, 3.63) is 30.5 Å². The van der Waals surface area contributed by atoms with Gasteiger partial charge in [-0.15, -0.1) is 0 Å². The van der Waals surface area contributed by atoms with Crippen molar-refractivity contribution < 1.29 is 0 Å². The number of nitrogens with one attached hydrogen (secondary N) is 3. The largest absolute Gasteiger partial charge is 0.368 e. The Morgan fingerprint density at radius 3 is 2.94 bits per heavy atom. The van der Waals surface area contributed by atoms with Crippen molar-refractivity contribution in [2.45, 2.75) is 13.0 Å². The summed E-state index contributed by atoms with van der Waals surface area (Å²) in [5, 5.41) is 3.36. The van der Waals surface area contributed by atoms with Crippen LogP contribution in [0, 0.1) is 5.92 Å². The Hall–Kier alpha value is -1.72. The van der Waals surface area contributed by atoms with E-state index in [9.17, 15) is 0 Å². The lowest BCUT2D eigenvalue weighted by Gasteiger charge is -2.14. The van der Waals surface area contributed by atoms with Crippen LogP contribution < -0.4 is 16.2 Å². The summed E-state index contributed by atoms with van der Waals surface area (Å²) in [5.41, 5.74) is 8.23. The standard InChI is InChI=1S/C13H17N5/c1-9-10(7-16-18-9)6-15-13-8-14-11-4-2-3-5-12(11)17-13/h2-5,8-10,16,18H,6-7H2,1H3,(H,15,17). The van der Waals surface area contributed by atoms with Crippen LogP contribution in [0.25, 0.3) is 11.0 Å². The summed E-state index contributed by atoms with van der Waals surface area (Å²) in [7, 11) is 0. The number of hydrogen-bond donors (Lipinski definition) is 3. The monoisotopic (exact) mass is 243 g/mol. The Bertz CT molecular complexity index is 542. The zero-order chi connectivity index (χ0) is 12.4. The van der Waals surface area contributed by atoms with Crippen molar-refractivity contribution in [2.75, 3.05) is 18.4 Å². The van der Waals surface area contributed by atoms with Gasteiger partial charge in [0.15, 0.2) is 0 Å². The normalized spacial score (nSPS) is 23.4. The summed E-state index contributed by atoms with van der Waals surface area (Å²) in [5.74, 6) is 1.41. The van der Waals surface area contributed by atoms with Gasteiger partial charge in [0.1, 0.15) is 5.82 Å². The minimum atomic E-state index is 0.478. The Morgan fingerprint density at radius 2 is 2.17 bits per heavy atom. The molecule has 1 saturated heterocycles. The number of aromatic nitrogens is 2. The summed E-state index contributed by atoms with van der Waals surface area (Å²) < 4.78 is 0. The van der Waals surface area contributed by atoms with E-state index in [1.807, 2.05) is 24.3 Å². The average molecular weight is 243 g/mol. The zero-order valence-electron chi connectivity index (χ0n) is 10.4. The molecule has 0 amide bonds. The third-order valence-electron chi connectivity index (χ3n) is 3.40. The predicted octanol–water partition coefficient (Wildman–Crippen LogP) is 1.15. The number of hydrogen-bond acceptors (Lipinski definition) is 5. The van der Waals surface area contributed by atoms with Crippen molar-refractivity contribution in [1.29, 1.82) is 0 Å². The molecule has 0 radical (unpaired) electrons. The van der Waals surface area contributed by atoms with Crippen LogP contribution >= 0.6 is 0 Å². The highest BCUT2D eigenvalue weighted by molar-refractivity contribution is 5.75. The lowest BCUT2D eigenvalue weighted by atomic mass is 10.0.